The highest BCUT2D eigenvalue weighted by atomic mass is 32.2. The Kier molecular flexibility index (Phi) is 4.95. The Morgan fingerprint density at radius 2 is 2.00 bits per heavy atom. The molecule has 1 saturated heterocycles. The first-order chi connectivity index (χ1) is 7.50. The molecular weight excluding hydrogens is 224 g/mol. The van der Waals surface area contributed by atoms with Gasteiger partial charge in [0.2, 0.25) is 10.0 Å². The van der Waals surface area contributed by atoms with Crippen LogP contribution in [0.15, 0.2) is 12.7 Å². The van der Waals surface area contributed by atoms with Crippen molar-refractivity contribution in [1.82, 2.24) is 9.62 Å². The van der Waals surface area contributed by atoms with Crippen LogP contribution in [0.4, 0.5) is 0 Å². The monoisotopic (exact) mass is 246 g/mol. The van der Waals surface area contributed by atoms with Crippen molar-refractivity contribution in [3.63, 3.8) is 0 Å². The van der Waals surface area contributed by atoms with E-state index in [9.17, 15) is 8.42 Å². The van der Waals surface area contributed by atoms with Crippen molar-refractivity contribution in [2.24, 2.45) is 0 Å². The number of hydrogen-bond acceptors (Lipinski definition) is 3. The zero-order valence-corrected chi connectivity index (χ0v) is 11.0. The van der Waals surface area contributed by atoms with Crippen LogP contribution in [0.25, 0.3) is 0 Å². The minimum atomic E-state index is -3.16. The van der Waals surface area contributed by atoms with E-state index in [1.807, 2.05) is 13.8 Å². The summed E-state index contributed by atoms with van der Waals surface area (Å²) in [6, 6.07) is -0.00196. The van der Waals surface area contributed by atoms with E-state index < -0.39 is 10.0 Å². The summed E-state index contributed by atoms with van der Waals surface area (Å²) >= 11 is 0. The average molecular weight is 246 g/mol. The molecule has 0 unspecified atom stereocenters. The van der Waals surface area contributed by atoms with E-state index >= 15 is 0 Å². The van der Waals surface area contributed by atoms with Crippen LogP contribution in [0.1, 0.15) is 26.7 Å². The Bertz CT molecular complexity index is 319. The number of piperidine rings is 1. The maximum atomic E-state index is 12.4. The number of nitrogens with one attached hydrogen (secondary N) is 1. The maximum absolute atomic E-state index is 12.4. The van der Waals surface area contributed by atoms with Crippen molar-refractivity contribution < 1.29 is 8.42 Å². The van der Waals surface area contributed by atoms with Crippen LogP contribution in [0.3, 0.4) is 0 Å². The Morgan fingerprint density at radius 3 is 2.44 bits per heavy atom. The number of sulfonamides is 1. The summed E-state index contributed by atoms with van der Waals surface area (Å²) < 4.78 is 26.3. The first-order valence-electron chi connectivity index (χ1n) is 5.82. The summed E-state index contributed by atoms with van der Waals surface area (Å²) in [5.41, 5.74) is 0. The van der Waals surface area contributed by atoms with Gasteiger partial charge in [0.05, 0.1) is 5.25 Å². The highest BCUT2D eigenvalue weighted by molar-refractivity contribution is 7.89. The topological polar surface area (TPSA) is 49.4 Å². The molecule has 1 rings (SSSR count). The summed E-state index contributed by atoms with van der Waals surface area (Å²) in [5, 5.41) is 2.96. The van der Waals surface area contributed by atoms with Crippen molar-refractivity contribution >= 4 is 10.0 Å². The maximum Gasteiger partial charge on any atom is 0.217 e. The van der Waals surface area contributed by atoms with E-state index in [1.165, 1.54) is 0 Å². The third-order valence-electron chi connectivity index (χ3n) is 2.92. The smallest absolute Gasteiger partial charge is 0.217 e. The van der Waals surface area contributed by atoms with Crippen LogP contribution in [0.2, 0.25) is 0 Å². The first-order valence-corrected chi connectivity index (χ1v) is 7.32. The van der Waals surface area contributed by atoms with Crippen LogP contribution in [0, 0.1) is 0 Å². The second-order valence-electron chi connectivity index (χ2n) is 4.45. The Labute approximate surface area is 98.8 Å². The van der Waals surface area contributed by atoms with Crippen LogP contribution >= 0.6 is 0 Å². The van der Waals surface area contributed by atoms with Crippen LogP contribution in [0.5, 0.6) is 0 Å². The fourth-order valence-corrected chi connectivity index (χ4v) is 4.14. The molecule has 1 fully saturated rings. The lowest BCUT2D eigenvalue weighted by Crippen LogP contribution is -2.46. The molecule has 0 amide bonds. The number of hydrogen-bond donors (Lipinski definition) is 1. The van der Waals surface area contributed by atoms with Gasteiger partial charge in [-0.2, -0.15) is 4.31 Å². The summed E-state index contributed by atoms with van der Waals surface area (Å²) in [4.78, 5) is 0. The van der Waals surface area contributed by atoms with Crippen molar-refractivity contribution in [1.29, 1.82) is 0 Å². The largest absolute Gasteiger partial charge is 0.317 e. The lowest BCUT2D eigenvalue weighted by Gasteiger charge is -2.31. The molecule has 1 N–H and O–H groups in total. The van der Waals surface area contributed by atoms with Gasteiger partial charge in [-0.15, -0.1) is 6.58 Å². The second-order valence-corrected chi connectivity index (χ2v) is 6.61. The Balaban J connectivity index is 2.83. The molecule has 0 aromatic carbocycles. The quantitative estimate of drug-likeness (QED) is 0.735. The fraction of sp³-hybridized carbons (Fsp3) is 0.818. The molecule has 1 aliphatic rings. The molecular formula is C11H22N2O2S. The highest BCUT2D eigenvalue weighted by Gasteiger charge is 2.33. The molecule has 0 aromatic rings. The summed E-state index contributed by atoms with van der Waals surface area (Å²) in [6.45, 7) is 9.43. The Hall–Kier alpha value is -0.390. The third-order valence-corrected chi connectivity index (χ3v) is 5.46. The van der Waals surface area contributed by atoms with Gasteiger partial charge in [-0.25, -0.2) is 8.42 Å². The molecule has 1 aliphatic heterocycles. The van der Waals surface area contributed by atoms with Gasteiger partial charge >= 0.3 is 0 Å². The molecule has 0 bridgehead atoms. The molecule has 16 heavy (non-hydrogen) atoms. The van der Waals surface area contributed by atoms with E-state index in [2.05, 4.69) is 11.9 Å². The SMILES string of the molecule is C=CCN(C(C)C)S(=O)(=O)C1CCNCC1. The van der Waals surface area contributed by atoms with Gasteiger partial charge in [-0.1, -0.05) is 6.08 Å². The van der Waals surface area contributed by atoms with Crippen molar-refractivity contribution in [2.45, 2.75) is 38.0 Å². The van der Waals surface area contributed by atoms with Gasteiger partial charge in [0.25, 0.3) is 0 Å². The Morgan fingerprint density at radius 1 is 1.44 bits per heavy atom. The summed E-state index contributed by atoms with van der Waals surface area (Å²) in [7, 11) is -3.16. The van der Waals surface area contributed by atoms with Gasteiger partial charge in [0.1, 0.15) is 0 Å². The van der Waals surface area contributed by atoms with Crippen molar-refractivity contribution in [3.05, 3.63) is 12.7 Å². The fourth-order valence-electron chi connectivity index (χ4n) is 2.02. The van der Waals surface area contributed by atoms with E-state index in [1.54, 1.807) is 10.4 Å². The van der Waals surface area contributed by atoms with E-state index in [4.69, 9.17) is 0 Å². The van der Waals surface area contributed by atoms with Crippen LogP contribution in [-0.2, 0) is 10.0 Å². The van der Waals surface area contributed by atoms with E-state index in [0.29, 0.717) is 19.4 Å². The van der Waals surface area contributed by atoms with E-state index in [0.717, 1.165) is 13.1 Å². The predicted molar refractivity (Wildman–Crippen MR) is 66.9 cm³/mol. The van der Waals surface area contributed by atoms with Gasteiger partial charge in [-0.05, 0) is 39.8 Å². The molecule has 4 nitrogen and oxygen atoms in total. The minimum Gasteiger partial charge on any atom is -0.317 e. The molecule has 0 spiro atoms. The summed E-state index contributed by atoms with van der Waals surface area (Å²) in [6.07, 6.45) is 3.07. The summed E-state index contributed by atoms with van der Waals surface area (Å²) in [5.74, 6) is 0. The van der Waals surface area contributed by atoms with Gasteiger partial charge in [0, 0.05) is 12.6 Å². The van der Waals surface area contributed by atoms with E-state index in [-0.39, 0.29) is 11.3 Å². The van der Waals surface area contributed by atoms with Crippen LogP contribution < -0.4 is 5.32 Å². The zero-order valence-electron chi connectivity index (χ0n) is 10.1. The lowest BCUT2D eigenvalue weighted by molar-refractivity contribution is 0.366. The number of rotatable bonds is 5. The van der Waals surface area contributed by atoms with Crippen molar-refractivity contribution in [3.8, 4) is 0 Å². The molecule has 0 aliphatic carbocycles. The number of nitrogens with zero attached hydrogens (tertiary/aromatic N) is 1. The molecule has 0 radical (unpaired) electrons. The standard InChI is InChI=1S/C11H22N2O2S/c1-4-9-13(10(2)3)16(14,15)11-5-7-12-8-6-11/h4,10-12H,1,5-9H2,2-3H3. The minimum absolute atomic E-state index is 0.00196. The molecule has 0 atom stereocenters. The lowest BCUT2D eigenvalue weighted by atomic mass is 10.2. The molecule has 1 heterocycles. The average Bonchev–Trinajstić information content (AvgIpc) is 2.26. The zero-order chi connectivity index (χ0) is 12.2. The molecule has 94 valence electrons. The highest BCUT2D eigenvalue weighted by Crippen LogP contribution is 2.19. The second kappa shape index (κ2) is 5.80. The van der Waals surface area contributed by atoms with Gasteiger partial charge < -0.3 is 5.32 Å². The predicted octanol–water partition coefficient (Wildman–Crippen LogP) is 0.965. The normalized spacial score (nSPS) is 19.2. The van der Waals surface area contributed by atoms with Crippen molar-refractivity contribution in [2.75, 3.05) is 19.6 Å². The first kappa shape index (κ1) is 13.7. The van der Waals surface area contributed by atoms with Gasteiger partial charge in [0.15, 0.2) is 0 Å². The molecule has 0 aromatic heterocycles. The third kappa shape index (κ3) is 3.06. The molecule has 5 heteroatoms. The van der Waals surface area contributed by atoms with Crippen LogP contribution in [-0.4, -0.2) is 43.6 Å². The van der Waals surface area contributed by atoms with Gasteiger partial charge in [-0.3, -0.25) is 0 Å². The molecule has 0 saturated carbocycles.